The van der Waals surface area contributed by atoms with E-state index < -0.39 is 17.3 Å². The van der Waals surface area contributed by atoms with Crippen LogP contribution < -0.4 is 5.73 Å². The number of carboxylic acids is 1. The zero-order chi connectivity index (χ0) is 18.0. The highest BCUT2D eigenvalue weighted by molar-refractivity contribution is 5.91. The van der Waals surface area contributed by atoms with Gasteiger partial charge in [0.15, 0.2) is 5.82 Å². The minimum atomic E-state index is -1.43. The van der Waals surface area contributed by atoms with Crippen molar-refractivity contribution in [2.24, 2.45) is 0 Å². The van der Waals surface area contributed by atoms with E-state index >= 15 is 0 Å². The van der Waals surface area contributed by atoms with Crippen LogP contribution in [0.4, 0.5) is 10.2 Å². The molecule has 1 aromatic carbocycles. The van der Waals surface area contributed by atoms with E-state index in [-0.39, 0.29) is 23.0 Å². The van der Waals surface area contributed by atoms with Gasteiger partial charge in [0.05, 0.1) is 17.2 Å². The number of halogens is 1. The highest BCUT2D eigenvalue weighted by atomic mass is 19.1. The quantitative estimate of drug-likeness (QED) is 0.886. The average molecular weight is 341 g/mol. The number of carboxylic acid groups (broad SMARTS) is 1. The van der Waals surface area contributed by atoms with Gasteiger partial charge in [-0.3, -0.25) is 0 Å². The SMILES string of the molecule is N#Cc1c(-c2c(C3CCCCO3)ccnc2N)ccc(C(=O)O)c1F. The molecule has 3 rings (SSSR count). The van der Waals surface area contributed by atoms with E-state index in [2.05, 4.69) is 4.98 Å². The molecule has 0 bridgehead atoms. The molecule has 6 nitrogen and oxygen atoms in total. The summed E-state index contributed by atoms with van der Waals surface area (Å²) in [5.41, 5.74) is 6.46. The Hall–Kier alpha value is -2.98. The van der Waals surface area contributed by atoms with Gasteiger partial charge in [-0.05, 0) is 37.0 Å². The van der Waals surface area contributed by atoms with Gasteiger partial charge in [0, 0.05) is 23.9 Å². The molecule has 1 aromatic heterocycles. The number of nitrogens with two attached hydrogens (primary N) is 1. The Morgan fingerprint density at radius 2 is 2.20 bits per heavy atom. The Balaban J connectivity index is 2.22. The number of aromatic carboxylic acids is 1. The Labute approximate surface area is 143 Å². The Morgan fingerprint density at radius 3 is 2.84 bits per heavy atom. The molecule has 2 aromatic rings. The lowest BCUT2D eigenvalue weighted by molar-refractivity contribution is 0.0153. The van der Waals surface area contributed by atoms with Crippen LogP contribution >= 0.6 is 0 Å². The minimum absolute atomic E-state index is 0.144. The molecular formula is C18H16FN3O3. The Bertz CT molecular complexity index is 871. The summed E-state index contributed by atoms with van der Waals surface area (Å²) >= 11 is 0. The fourth-order valence-electron chi connectivity index (χ4n) is 3.10. The molecule has 1 aliphatic rings. The van der Waals surface area contributed by atoms with Gasteiger partial charge in [0.1, 0.15) is 11.9 Å². The van der Waals surface area contributed by atoms with Gasteiger partial charge in [0.25, 0.3) is 0 Å². The van der Waals surface area contributed by atoms with E-state index in [0.717, 1.165) is 30.9 Å². The average Bonchev–Trinajstić information content (AvgIpc) is 2.61. The number of rotatable bonds is 3. The molecule has 1 atom stereocenters. The van der Waals surface area contributed by atoms with E-state index in [0.29, 0.717) is 12.2 Å². The fourth-order valence-corrected chi connectivity index (χ4v) is 3.10. The second-order valence-electron chi connectivity index (χ2n) is 5.78. The molecule has 3 N–H and O–H groups in total. The molecule has 7 heteroatoms. The van der Waals surface area contributed by atoms with Gasteiger partial charge >= 0.3 is 5.97 Å². The van der Waals surface area contributed by atoms with Gasteiger partial charge in [-0.25, -0.2) is 14.2 Å². The first-order valence-electron chi connectivity index (χ1n) is 7.86. The molecule has 128 valence electrons. The van der Waals surface area contributed by atoms with Crippen molar-refractivity contribution in [3.8, 4) is 17.2 Å². The van der Waals surface area contributed by atoms with Crippen molar-refractivity contribution in [2.45, 2.75) is 25.4 Å². The summed E-state index contributed by atoms with van der Waals surface area (Å²) in [5, 5.41) is 18.4. The lowest BCUT2D eigenvalue weighted by Crippen LogP contribution is -2.14. The number of aromatic nitrogens is 1. The first kappa shape index (κ1) is 16.9. The number of nitrogen functional groups attached to an aromatic ring is 1. The number of hydrogen-bond acceptors (Lipinski definition) is 5. The largest absolute Gasteiger partial charge is 0.478 e. The number of anilines is 1. The lowest BCUT2D eigenvalue weighted by atomic mass is 9.90. The highest BCUT2D eigenvalue weighted by Crippen LogP contribution is 2.39. The lowest BCUT2D eigenvalue weighted by Gasteiger charge is -2.25. The van der Waals surface area contributed by atoms with Gasteiger partial charge in [0.2, 0.25) is 0 Å². The van der Waals surface area contributed by atoms with Crippen LogP contribution in [-0.2, 0) is 4.74 Å². The summed E-state index contributed by atoms with van der Waals surface area (Å²) < 4.78 is 20.3. The van der Waals surface area contributed by atoms with E-state index in [1.807, 2.05) is 0 Å². The number of benzene rings is 1. The third-order valence-corrected chi connectivity index (χ3v) is 4.29. The van der Waals surface area contributed by atoms with Gasteiger partial charge in [-0.15, -0.1) is 0 Å². The van der Waals surface area contributed by atoms with Crippen LogP contribution in [-0.4, -0.2) is 22.7 Å². The van der Waals surface area contributed by atoms with Gasteiger partial charge in [-0.1, -0.05) is 6.07 Å². The first-order chi connectivity index (χ1) is 12.0. The van der Waals surface area contributed by atoms with Crippen molar-refractivity contribution in [3.63, 3.8) is 0 Å². The van der Waals surface area contributed by atoms with E-state index in [4.69, 9.17) is 15.6 Å². The molecule has 1 unspecified atom stereocenters. The van der Waals surface area contributed by atoms with Crippen molar-refractivity contribution < 1.29 is 19.0 Å². The fraction of sp³-hybridized carbons (Fsp3) is 0.278. The molecule has 0 aliphatic carbocycles. The summed E-state index contributed by atoms with van der Waals surface area (Å²) in [5.74, 6) is -2.37. The molecule has 0 radical (unpaired) electrons. The van der Waals surface area contributed by atoms with Crippen molar-refractivity contribution >= 4 is 11.8 Å². The predicted molar refractivity (Wildman–Crippen MR) is 88.3 cm³/mol. The number of nitriles is 1. The second-order valence-corrected chi connectivity index (χ2v) is 5.78. The van der Waals surface area contributed by atoms with Gasteiger partial charge < -0.3 is 15.6 Å². The van der Waals surface area contributed by atoms with E-state index in [9.17, 15) is 14.4 Å². The molecule has 0 amide bonds. The van der Waals surface area contributed by atoms with Crippen molar-refractivity contribution in [1.29, 1.82) is 5.26 Å². The third-order valence-electron chi connectivity index (χ3n) is 4.29. The smallest absolute Gasteiger partial charge is 0.338 e. The molecule has 25 heavy (non-hydrogen) atoms. The zero-order valence-corrected chi connectivity index (χ0v) is 13.3. The molecular weight excluding hydrogens is 325 g/mol. The zero-order valence-electron chi connectivity index (χ0n) is 13.3. The van der Waals surface area contributed by atoms with Crippen LogP contribution in [0, 0.1) is 17.1 Å². The standard InChI is InChI=1S/C18H16FN3O3/c19-16-12(18(23)24)5-4-10(13(16)9-20)15-11(6-7-22-17(15)21)14-3-1-2-8-25-14/h4-7,14H,1-3,8H2,(H2,21,22)(H,23,24). The second kappa shape index (κ2) is 6.87. The van der Waals surface area contributed by atoms with E-state index in [1.165, 1.54) is 6.07 Å². The first-order valence-corrected chi connectivity index (χ1v) is 7.86. The van der Waals surface area contributed by atoms with Crippen LogP contribution in [0.1, 0.15) is 46.9 Å². The van der Waals surface area contributed by atoms with Crippen molar-refractivity contribution in [1.82, 2.24) is 4.98 Å². The topological polar surface area (TPSA) is 109 Å². The van der Waals surface area contributed by atoms with Crippen LogP contribution in [0.5, 0.6) is 0 Å². The Kier molecular flexibility index (Phi) is 4.63. The minimum Gasteiger partial charge on any atom is -0.478 e. The number of pyridine rings is 1. The number of hydrogen-bond donors (Lipinski definition) is 2. The van der Waals surface area contributed by atoms with Crippen molar-refractivity contribution in [2.75, 3.05) is 12.3 Å². The monoisotopic (exact) mass is 341 g/mol. The maximum atomic E-state index is 14.5. The molecule has 2 heterocycles. The van der Waals surface area contributed by atoms with Crippen LogP contribution in [0.15, 0.2) is 24.4 Å². The highest BCUT2D eigenvalue weighted by Gasteiger charge is 2.26. The Morgan fingerprint density at radius 1 is 1.40 bits per heavy atom. The summed E-state index contributed by atoms with van der Waals surface area (Å²) in [6.45, 7) is 0.615. The van der Waals surface area contributed by atoms with Crippen LogP contribution in [0.3, 0.4) is 0 Å². The molecule has 1 fully saturated rings. The van der Waals surface area contributed by atoms with Crippen LogP contribution in [0.25, 0.3) is 11.1 Å². The van der Waals surface area contributed by atoms with Gasteiger partial charge in [-0.2, -0.15) is 5.26 Å². The number of nitrogens with zero attached hydrogens (tertiary/aromatic N) is 2. The number of carbonyl (C=O) groups is 1. The third kappa shape index (κ3) is 3.04. The molecule has 1 aliphatic heterocycles. The maximum absolute atomic E-state index is 14.5. The normalized spacial score (nSPS) is 17.0. The summed E-state index contributed by atoms with van der Waals surface area (Å²) in [6, 6.07) is 6.02. The van der Waals surface area contributed by atoms with E-state index in [1.54, 1.807) is 18.3 Å². The molecule has 0 saturated carbocycles. The molecule has 1 saturated heterocycles. The van der Waals surface area contributed by atoms with Crippen molar-refractivity contribution in [3.05, 3.63) is 46.9 Å². The predicted octanol–water partition coefficient (Wildman–Crippen LogP) is 3.28. The molecule has 0 spiro atoms. The summed E-state index contributed by atoms with van der Waals surface area (Å²) in [4.78, 5) is 15.2. The van der Waals surface area contributed by atoms with Crippen LogP contribution in [0.2, 0.25) is 0 Å². The number of ether oxygens (including phenoxy) is 1. The summed E-state index contributed by atoms with van der Waals surface area (Å²) in [6.07, 6.45) is 4.07. The summed E-state index contributed by atoms with van der Waals surface area (Å²) in [7, 11) is 0. The maximum Gasteiger partial charge on any atom is 0.338 e.